The Labute approximate surface area is 295 Å². The van der Waals surface area contributed by atoms with E-state index < -0.39 is 0 Å². The summed E-state index contributed by atoms with van der Waals surface area (Å²) in [6.45, 7) is 28.2. The quantitative estimate of drug-likeness (QED) is 0.197. The Bertz CT molecular complexity index is 1040. The maximum absolute atomic E-state index is 10.9. The summed E-state index contributed by atoms with van der Waals surface area (Å²) < 4.78 is 0. The summed E-state index contributed by atoms with van der Waals surface area (Å²) >= 11 is 0. The first-order valence-electron chi connectivity index (χ1n) is 16.7. The number of carbonyl (C=O) groups excluding carboxylic acids is 4. The van der Waals surface area contributed by atoms with Crippen LogP contribution in [-0.2, 0) is 19.2 Å². The molecule has 0 rings (SSSR count). The Morgan fingerprint density at radius 3 is 1.22 bits per heavy atom. The van der Waals surface area contributed by atoms with Gasteiger partial charge in [0.2, 0.25) is 0 Å². The highest BCUT2D eigenvalue weighted by atomic mass is 28.2. The minimum atomic E-state index is 0.123. The number of rotatable bonds is 14. The van der Waals surface area contributed by atoms with E-state index >= 15 is 0 Å². The van der Waals surface area contributed by atoms with Gasteiger partial charge in [0.15, 0.2) is 23.1 Å². The van der Waals surface area contributed by atoms with Gasteiger partial charge in [0.1, 0.15) is 0 Å². The largest absolute Gasteiger partial charge is 0.382 e. The van der Waals surface area contributed by atoms with Crippen LogP contribution in [0, 0.1) is 0 Å². The summed E-state index contributed by atoms with van der Waals surface area (Å²) in [5, 5.41) is 0. The van der Waals surface area contributed by atoms with Gasteiger partial charge in [-0.25, -0.2) is 0 Å². The molecule has 0 atom stereocenters. The Morgan fingerprint density at radius 2 is 0.957 bits per heavy atom. The van der Waals surface area contributed by atoms with Gasteiger partial charge in [0.25, 0.3) is 0 Å². The van der Waals surface area contributed by atoms with Crippen molar-refractivity contribution in [3.8, 4) is 0 Å². The summed E-state index contributed by atoms with van der Waals surface area (Å²) in [6, 6.07) is 0.498. The lowest BCUT2D eigenvalue weighted by atomic mass is 10.1. The van der Waals surface area contributed by atoms with Crippen LogP contribution in [0.25, 0.3) is 0 Å². The van der Waals surface area contributed by atoms with E-state index in [0.29, 0.717) is 6.04 Å². The average Bonchev–Trinajstić information content (AvgIpc) is 2.88. The van der Waals surface area contributed by atoms with Crippen molar-refractivity contribution in [2.45, 2.75) is 109 Å². The summed E-state index contributed by atoms with van der Waals surface area (Å²) in [5.74, 6) is 0.519. The molecule has 0 aliphatic carbocycles. The van der Waals surface area contributed by atoms with Crippen molar-refractivity contribution in [2.24, 2.45) is 0 Å². The molecule has 0 aromatic carbocycles. The van der Waals surface area contributed by atoms with Crippen LogP contribution in [0.15, 0.2) is 47.1 Å². The van der Waals surface area contributed by atoms with Crippen LogP contribution < -0.4 is 0 Å². The standard InChI is InChI=1S/C10H21NOSi.C9H19NOSi.C8H17NOSi.C7H15NOSi/c1-8(6-9(2)12)11(7-13)10(3,4)5;1-7(2)10(6-12)8(3)5-9(4)11;1-4-9(6-11)7(2)5-8(3)10;1-6(4-7(2)9)8(3)5-10/h6H,7H2,1-5,13H3;5,7H,6H2,1-4,12H3;5H,4,6H2,1-3,11H3;4H,5H2,1-3,10H3/b8-6-;8-5-;7-5-;6-4-. The lowest BCUT2D eigenvalue weighted by molar-refractivity contribution is -0.113. The van der Waals surface area contributed by atoms with Gasteiger partial charge in [-0.1, -0.05) is 0 Å². The molecule has 0 saturated carbocycles. The van der Waals surface area contributed by atoms with Crippen molar-refractivity contribution < 1.29 is 19.2 Å². The van der Waals surface area contributed by atoms with E-state index in [9.17, 15) is 19.2 Å². The van der Waals surface area contributed by atoms with Crippen LogP contribution in [-0.4, -0.2) is 134 Å². The molecule has 0 radical (unpaired) electrons. The fourth-order valence-electron chi connectivity index (χ4n) is 4.79. The van der Waals surface area contributed by atoms with Crippen LogP contribution in [0.1, 0.15) is 96.9 Å². The van der Waals surface area contributed by atoms with E-state index in [1.54, 1.807) is 52.0 Å². The second-order valence-corrected chi connectivity index (χ2v) is 15.1. The molecule has 0 N–H and O–H groups in total. The third-order valence-corrected chi connectivity index (χ3v) is 9.98. The minimum Gasteiger partial charge on any atom is -0.382 e. The van der Waals surface area contributed by atoms with E-state index in [-0.39, 0.29) is 28.7 Å². The Morgan fingerprint density at radius 1 is 0.587 bits per heavy atom. The number of hydrogen-bond donors (Lipinski definition) is 0. The molecule has 0 aliphatic rings. The zero-order valence-electron chi connectivity index (χ0n) is 33.3. The fourth-order valence-corrected chi connectivity index (χ4v) is 8.91. The predicted octanol–water partition coefficient (Wildman–Crippen LogP) is 1.27. The molecule has 0 amide bonds. The van der Waals surface area contributed by atoms with Crippen molar-refractivity contribution in [3.05, 3.63) is 47.1 Å². The zero-order valence-corrected chi connectivity index (χ0v) is 41.3. The molecule has 0 spiro atoms. The van der Waals surface area contributed by atoms with E-state index in [0.717, 1.165) is 95.0 Å². The van der Waals surface area contributed by atoms with Crippen molar-refractivity contribution >= 4 is 64.1 Å². The highest BCUT2D eigenvalue weighted by Gasteiger charge is 2.19. The van der Waals surface area contributed by atoms with Crippen molar-refractivity contribution in [3.63, 3.8) is 0 Å². The molecule has 0 aromatic heterocycles. The van der Waals surface area contributed by atoms with Gasteiger partial charge in [-0.05, 0) is 121 Å². The van der Waals surface area contributed by atoms with E-state index in [1.165, 1.54) is 0 Å². The van der Waals surface area contributed by atoms with Crippen LogP contribution in [0.4, 0.5) is 0 Å². The van der Waals surface area contributed by atoms with E-state index in [4.69, 9.17) is 0 Å². The Balaban J connectivity index is -0.000000257. The van der Waals surface area contributed by atoms with E-state index in [2.05, 4.69) is 61.1 Å². The summed E-state index contributed by atoms with van der Waals surface area (Å²) in [4.78, 5) is 51.8. The smallest absolute Gasteiger partial charge is 0.154 e. The van der Waals surface area contributed by atoms with E-state index in [1.807, 2.05) is 34.7 Å². The third-order valence-electron chi connectivity index (χ3n) is 6.96. The van der Waals surface area contributed by atoms with Crippen LogP contribution in [0.5, 0.6) is 0 Å². The molecule has 0 fully saturated rings. The van der Waals surface area contributed by atoms with Crippen LogP contribution in [0.3, 0.4) is 0 Å². The maximum Gasteiger partial charge on any atom is 0.154 e. The van der Waals surface area contributed by atoms with Gasteiger partial charge < -0.3 is 19.6 Å². The molecule has 0 aliphatic heterocycles. The molecule has 0 aromatic rings. The predicted molar refractivity (Wildman–Crippen MR) is 216 cm³/mol. The monoisotopic (exact) mass is 712 g/mol. The lowest BCUT2D eigenvalue weighted by Crippen LogP contribution is -2.40. The highest BCUT2D eigenvalue weighted by molar-refractivity contribution is 6.09. The number of ketones is 4. The Kier molecular flexibility index (Phi) is 30.5. The van der Waals surface area contributed by atoms with Crippen LogP contribution >= 0.6 is 0 Å². The van der Waals surface area contributed by atoms with Crippen LogP contribution in [0.2, 0.25) is 0 Å². The van der Waals surface area contributed by atoms with Gasteiger partial charge in [0, 0.05) is 114 Å². The lowest BCUT2D eigenvalue weighted by Gasteiger charge is -2.37. The molecule has 0 saturated heterocycles. The number of carbonyl (C=O) groups is 4. The minimum absolute atomic E-state index is 0.123. The van der Waals surface area contributed by atoms with Gasteiger partial charge in [-0.15, -0.1) is 0 Å². The molecule has 46 heavy (non-hydrogen) atoms. The highest BCUT2D eigenvalue weighted by Crippen LogP contribution is 2.18. The second kappa shape index (κ2) is 27.8. The zero-order chi connectivity index (χ0) is 37.4. The van der Waals surface area contributed by atoms with Gasteiger partial charge >= 0.3 is 0 Å². The topological polar surface area (TPSA) is 81.2 Å². The Hall–Kier alpha value is -2.29. The maximum atomic E-state index is 10.9. The molecule has 0 unspecified atom stereocenters. The summed E-state index contributed by atoms with van der Waals surface area (Å²) in [5.41, 5.74) is 4.44. The fraction of sp³-hybridized carbons (Fsp3) is 0.647. The molecule has 12 heteroatoms. The molecule has 0 heterocycles. The first-order valence-corrected chi connectivity index (χ1v) is 22.4. The first kappa shape index (κ1) is 50.6. The number of nitrogens with zero attached hydrogens (tertiary/aromatic N) is 4. The number of allylic oxidation sites excluding steroid dienone is 8. The molecular weight excluding hydrogens is 641 g/mol. The van der Waals surface area contributed by atoms with Crippen molar-refractivity contribution in [1.82, 2.24) is 19.6 Å². The normalized spacial score (nSPS) is 12.3. The first-order chi connectivity index (χ1) is 21.0. The summed E-state index contributed by atoms with van der Waals surface area (Å²) in [7, 11) is 6.57. The molecular formula is C34H72N4O4Si4. The van der Waals surface area contributed by atoms with Gasteiger partial charge in [-0.2, -0.15) is 0 Å². The molecule has 0 bridgehead atoms. The van der Waals surface area contributed by atoms with Gasteiger partial charge in [-0.3, -0.25) is 19.2 Å². The summed E-state index contributed by atoms with van der Waals surface area (Å²) in [6.07, 6.45) is 11.1. The average molecular weight is 713 g/mol. The third kappa shape index (κ3) is 28.0. The number of hydrogen-bond acceptors (Lipinski definition) is 8. The SMILES string of the molecule is CC(=O)/C=C(/C)N(C)C[SiH3].CC(=O)/C=C(/C)N(C[SiH3])C(C)(C)C.CC(=O)/C=C(/C)N(C[SiH3])C(C)C.CCN(C[SiH3])/C(C)=C\C(C)=O. The van der Waals surface area contributed by atoms with Gasteiger partial charge in [0.05, 0.1) is 0 Å². The van der Waals surface area contributed by atoms with Crippen molar-refractivity contribution in [1.29, 1.82) is 0 Å². The second-order valence-electron chi connectivity index (χ2n) is 12.6. The van der Waals surface area contributed by atoms with Crippen molar-refractivity contribution in [2.75, 3.05) is 38.3 Å². The molecule has 8 nitrogen and oxygen atoms in total. The molecule has 268 valence electrons.